The number of aryl methyl sites for hydroxylation is 1. The van der Waals surface area contributed by atoms with Crippen LogP contribution in [0.5, 0.6) is 0 Å². The Hall–Kier alpha value is -3.93. The van der Waals surface area contributed by atoms with Crippen molar-refractivity contribution in [3.63, 3.8) is 0 Å². The van der Waals surface area contributed by atoms with E-state index in [0.29, 0.717) is 5.56 Å². The predicted molar refractivity (Wildman–Crippen MR) is 120 cm³/mol. The van der Waals surface area contributed by atoms with Crippen LogP contribution in [-0.4, -0.2) is 24.2 Å². The van der Waals surface area contributed by atoms with Gasteiger partial charge >= 0.3 is 6.09 Å². The topological polar surface area (TPSA) is 81.5 Å². The number of nitrogens with one attached hydrogen (secondary N) is 1. The van der Waals surface area contributed by atoms with E-state index in [0.717, 1.165) is 16.7 Å². The number of amides is 1. The normalized spacial score (nSPS) is 12.4. The fourth-order valence-electron chi connectivity index (χ4n) is 3.93. The molecule has 0 atom stereocenters. The molecule has 3 aromatic carbocycles. The molecule has 0 saturated heterocycles. The van der Waals surface area contributed by atoms with Crippen LogP contribution in [0.2, 0.25) is 0 Å². The van der Waals surface area contributed by atoms with Gasteiger partial charge in [0, 0.05) is 18.5 Å². The molecule has 4 rings (SSSR count). The number of nitro groups is 1. The number of fused-ring (bicyclic) bond motifs is 3. The molecule has 0 saturated carbocycles. The summed E-state index contributed by atoms with van der Waals surface area (Å²) in [5, 5.41) is 13.9. The van der Waals surface area contributed by atoms with E-state index in [-0.39, 0.29) is 24.8 Å². The van der Waals surface area contributed by atoms with Gasteiger partial charge in [-0.3, -0.25) is 10.1 Å². The highest BCUT2D eigenvalue weighted by Gasteiger charge is 2.28. The van der Waals surface area contributed by atoms with Crippen molar-refractivity contribution in [2.75, 3.05) is 13.2 Å². The summed E-state index contributed by atoms with van der Waals surface area (Å²) >= 11 is 0. The van der Waals surface area contributed by atoms with Gasteiger partial charge in [-0.15, -0.1) is 0 Å². The van der Waals surface area contributed by atoms with Crippen molar-refractivity contribution in [1.82, 2.24) is 5.32 Å². The number of nitro benzene ring substituents is 1. The lowest BCUT2D eigenvalue weighted by Crippen LogP contribution is -2.26. The summed E-state index contributed by atoms with van der Waals surface area (Å²) in [4.78, 5) is 23.0. The van der Waals surface area contributed by atoms with Gasteiger partial charge in [0.2, 0.25) is 0 Å². The van der Waals surface area contributed by atoms with Gasteiger partial charge in [-0.25, -0.2) is 4.79 Å². The number of benzene rings is 3. The Morgan fingerprint density at radius 3 is 2.35 bits per heavy atom. The number of nitrogens with zero attached hydrogens (tertiary/aromatic N) is 1. The van der Waals surface area contributed by atoms with E-state index >= 15 is 0 Å². The Balaban J connectivity index is 1.35. The Morgan fingerprint density at radius 1 is 1.06 bits per heavy atom. The molecule has 0 spiro atoms. The first-order chi connectivity index (χ1) is 15.0. The van der Waals surface area contributed by atoms with Gasteiger partial charge in [-0.1, -0.05) is 66.7 Å². The SMILES string of the molecule is Cc1ccc(C=CCNC(=O)OCC2c3ccccc3-c3ccccc32)c([N+](=O)[O-])c1. The highest BCUT2D eigenvalue weighted by molar-refractivity contribution is 5.79. The van der Waals surface area contributed by atoms with E-state index in [1.165, 1.54) is 17.2 Å². The van der Waals surface area contributed by atoms with Crippen molar-refractivity contribution in [3.05, 3.63) is 105 Å². The van der Waals surface area contributed by atoms with Crippen LogP contribution in [0.4, 0.5) is 10.5 Å². The minimum absolute atomic E-state index is 0.00361. The first kappa shape index (κ1) is 20.3. The molecule has 1 aliphatic rings. The maximum Gasteiger partial charge on any atom is 0.407 e. The Bertz CT molecular complexity index is 1120. The third-order valence-electron chi connectivity index (χ3n) is 5.39. The molecule has 0 radical (unpaired) electrons. The maximum absolute atomic E-state index is 12.2. The minimum Gasteiger partial charge on any atom is -0.449 e. The summed E-state index contributed by atoms with van der Waals surface area (Å²) in [6.07, 6.45) is 2.77. The molecule has 0 aliphatic heterocycles. The Labute approximate surface area is 180 Å². The number of carbonyl (C=O) groups is 1. The van der Waals surface area contributed by atoms with Crippen LogP contribution < -0.4 is 5.32 Å². The number of carbonyl (C=O) groups excluding carboxylic acids is 1. The summed E-state index contributed by atoms with van der Waals surface area (Å²) < 4.78 is 5.48. The average Bonchev–Trinajstić information content (AvgIpc) is 3.10. The molecular weight excluding hydrogens is 392 g/mol. The van der Waals surface area contributed by atoms with E-state index in [1.807, 2.05) is 30.3 Å². The number of hydrogen-bond acceptors (Lipinski definition) is 4. The van der Waals surface area contributed by atoms with Crippen molar-refractivity contribution < 1.29 is 14.5 Å². The lowest BCUT2D eigenvalue weighted by atomic mass is 9.98. The van der Waals surface area contributed by atoms with Gasteiger partial charge in [0.1, 0.15) is 6.61 Å². The highest BCUT2D eigenvalue weighted by Crippen LogP contribution is 2.44. The first-order valence-corrected chi connectivity index (χ1v) is 10.0. The number of alkyl carbamates (subject to hydrolysis) is 1. The zero-order valence-electron chi connectivity index (χ0n) is 17.1. The molecule has 31 heavy (non-hydrogen) atoms. The molecule has 0 fully saturated rings. The van der Waals surface area contributed by atoms with Crippen molar-refractivity contribution >= 4 is 17.9 Å². The lowest BCUT2D eigenvalue weighted by molar-refractivity contribution is -0.385. The standard InChI is InChI=1S/C25H22N2O4/c1-17-12-13-18(24(15-17)27(29)30)7-6-14-26-25(28)31-16-23-21-10-4-2-8-19(21)20-9-3-5-11-22(20)23/h2-13,15,23H,14,16H2,1H3,(H,26,28). The van der Waals surface area contributed by atoms with Crippen molar-refractivity contribution in [3.8, 4) is 11.1 Å². The van der Waals surface area contributed by atoms with Crippen molar-refractivity contribution in [1.29, 1.82) is 0 Å². The quantitative estimate of drug-likeness (QED) is 0.429. The maximum atomic E-state index is 12.2. The third kappa shape index (κ3) is 4.33. The summed E-state index contributed by atoms with van der Waals surface area (Å²) in [5.74, 6) is 0.00361. The van der Waals surface area contributed by atoms with Crippen LogP contribution in [0, 0.1) is 17.0 Å². The molecule has 1 amide bonds. The summed E-state index contributed by atoms with van der Waals surface area (Å²) in [6.45, 7) is 2.26. The second-order valence-corrected chi connectivity index (χ2v) is 7.43. The van der Waals surface area contributed by atoms with Gasteiger partial charge in [-0.05, 0) is 40.8 Å². The van der Waals surface area contributed by atoms with Crippen LogP contribution in [0.15, 0.2) is 72.8 Å². The summed E-state index contributed by atoms with van der Waals surface area (Å²) in [6, 6.07) is 21.3. The largest absolute Gasteiger partial charge is 0.449 e. The fraction of sp³-hybridized carbons (Fsp3) is 0.160. The Kier molecular flexibility index (Phi) is 5.80. The zero-order chi connectivity index (χ0) is 21.8. The molecule has 3 aromatic rings. The van der Waals surface area contributed by atoms with Crippen LogP contribution in [-0.2, 0) is 4.74 Å². The molecule has 1 N–H and O–H groups in total. The number of ether oxygens (including phenoxy) is 1. The van der Waals surface area contributed by atoms with Crippen LogP contribution in [0.1, 0.15) is 28.2 Å². The second-order valence-electron chi connectivity index (χ2n) is 7.43. The highest BCUT2D eigenvalue weighted by atomic mass is 16.6. The van der Waals surface area contributed by atoms with E-state index in [9.17, 15) is 14.9 Å². The molecule has 156 valence electrons. The molecule has 0 bridgehead atoms. The average molecular weight is 414 g/mol. The van der Waals surface area contributed by atoms with Gasteiger partial charge in [0.15, 0.2) is 0 Å². The van der Waals surface area contributed by atoms with E-state index in [4.69, 9.17) is 4.74 Å². The molecule has 0 heterocycles. The molecular formula is C25H22N2O4. The van der Waals surface area contributed by atoms with Gasteiger partial charge < -0.3 is 10.1 Å². The van der Waals surface area contributed by atoms with E-state index < -0.39 is 11.0 Å². The predicted octanol–water partition coefficient (Wildman–Crippen LogP) is 5.46. The summed E-state index contributed by atoms with van der Waals surface area (Å²) in [5.41, 5.74) is 6.01. The first-order valence-electron chi connectivity index (χ1n) is 10.0. The molecule has 6 heteroatoms. The summed E-state index contributed by atoms with van der Waals surface area (Å²) in [7, 11) is 0. The van der Waals surface area contributed by atoms with Crippen molar-refractivity contribution in [2.45, 2.75) is 12.8 Å². The van der Waals surface area contributed by atoms with Crippen molar-refractivity contribution in [2.24, 2.45) is 0 Å². The van der Waals surface area contributed by atoms with Gasteiger partial charge in [-0.2, -0.15) is 0 Å². The minimum atomic E-state index is -0.523. The van der Waals surface area contributed by atoms with E-state index in [1.54, 1.807) is 25.1 Å². The monoisotopic (exact) mass is 414 g/mol. The number of rotatable bonds is 6. The zero-order valence-corrected chi connectivity index (χ0v) is 17.1. The second kappa shape index (κ2) is 8.83. The number of hydrogen-bond donors (Lipinski definition) is 1. The smallest absolute Gasteiger partial charge is 0.407 e. The van der Waals surface area contributed by atoms with Gasteiger partial charge in [0.25, 0.3) is 5.69 Å². The van der Waals surface area contributed by atoms with Crippen LogP contribution in [0.25, 0.3) is 17.2 Å². The van der Waals surface area contributed by atoms with Gasteiger partial charge in [0.05, 0.1) is 10.5 Å². The molecule has 0 aromatic heterocycles. The molecule has 1 aliphatic carbocycles. The molecule has 6 nitrogen and oxygen atoms in total. The lowest BCUT2D eigenvalue weighted by Gasteiger charge is -2.14. The Morgan fingerprint density at radius 2 is 1.71 bits per heavy atom. The van der Waals surface area contributed by atoms with Crippen LogP contribution >= 0.6 is 0 Å². The van der Waals surface area contributed by atoms with Crippen LogP contribution in [0.3, 0.4) is 0 Å². The van der Waals surface area contributed by atoms with E-state index in [2.05, 4.69) is 29.6 Å². The fourth-order valence-corrected chi connectivity index (χ4v) is 3.93. The third-order valence-corrected chi connectivity index (χ3v) is 5.39. The molecule has 0 unspecified atom stereocenters.